The minimum Gasteiger partial charge on any atom is -0.491 e. The second kappa shape index (κ2) is 8.95. The Morgan fingerprint density at radius 2 is 1.62 bits per heavy atom. The van der Waals surface area contributed by atoms with Crippen molar-refractivity contribution < 1.29 is 14.2 Å². The Morgan fingerprint density at radius 1 is 0.938 bits per heavy atom. The van der Waals surface area contributed by atoms with Gasteiger partial charge >= 0.3 is 0 Å². The molecule has 0 spiro atoms. The second-order valence-electron chi connectivity index (χ2n) is 3.14. The smallest absolute Gasteiger partial charge is 0.119 e. The summed E-state index contributed by atoms with van der Waals surface area (Å²) < 4.78 is 15.9. The predicted molar refractivity (Wildman–Crippen MR) is 63.8 cm³/mol. The molecule has 1 aromatic carbocycles. The molecule has 0 aliphatic carbocycles. The molecule has 0 aliphatic heterocycles. The van der Waals surface area contributed by atoms with Gasteiger partial charge in [-0.2, -0.15) is 0 Å². The van der Waals surface area contributed by atoms with Crippen molar-refractivity contribution in [2.24, 2.45) is 0 Å². The average molecular weight is 222 g/mol. The van der Waals surface area contributed by atoms with E-state index < -0.39 is 0 Å². The van der Waals surface area contributed by atoms with Crippen LogP contribution in [0.2, 0.25) is 0 Å². The van der Waals surface area contributed by atoms with E-state index in [0.717, 1.165) is 5.75 Å². The molecule has 0 amide bonds. The van der Waals surface area contributed by atoms with Crippen LogP contribution in [0.3, 0.4) is 0 Å². The van der Waals surface area contributed by atoms with Gasteiger partial charge in [0, 0.05) is 0 Å². The highest BCUT2D eigenvalue weighted by Crippen LogP contribution is 2.07. The summed E-state index contributed by atoms with van der Waals surface area (Å²) >= 11 is 0. The van der Waals surface area contributed by atoms with Gasteiger partial charge in [0.05, 0.1) is 26.4 Å². The normalized spacial score (nSPS) is 10.0. The van der Waals surface area contributed by atoms with Crippen LogP contribution in [0.25, 0.3) is 0 Å². The molecule has 0 saturated heterocycles. The number of hydrogen-bond acceptors (Lipinski definition) is 3. The number of rotatable bonds is 9. The minimum atomic E-state index is 0.561. The lowest BCUT2D eigenvalue weighted by Gasteiger charge is -2.06. The zero-order valence-electron chi connectivity index (χ0n) is 9.43. The van der Waals surface area contributed by atoms with Crippen LogP contribution in [-0.2, 0) is 9.47 Å². The maximum atomic E-state index is 5.45. The van der Waals surface area contributed by atoms with Gasteiger partial charge in [0.25, 0.3) is 0 Å². The maximum Gasteiger partial charge on any atom is 0.119 e. The summed E-state index contributed by atoms with van der Waals surface area (Å²) in [4.78, 5) is 0. The highest BCUT2D eigenvalue weighted by molar-refractivity contribution is 5.20. The molecule has 0 radical (unpaired) electrons. The van der Waals surface area contributed by atoms with Gasteiger partial charge in [0.1, 0.15) is 12.4 Å². The van der Waals surface area contributed by atoms with E-state index in [2.05, 4.69) is 6.58 Å². The minimum absolute atomic E-state index is 0.561. The van der Waals surface area contributed by atoms with Crippen LogP contribution < -0.4 is 4.74 Å². The van der Waals surface area contributed by atoms with Crippen molar-refractivity contribution in [2.75, 3.05) is 33.0 Å². The van der Waals surface area contributed by atoms with Crippen molar-refractivity contribution in [2.45, 2.75) is 0 Å². The van der Waals surface area contributed by atoms with E-state index in [1.54, 1.807) is 6.08 Å². The molecule has 0 atom stereocenters. The summed E-state index contributed by atoms with van der Waals surface area (Å²) in [6.07, 6.45) is 1.72. The molecule has 0 heterocycles. The van der Waals surface area contributed by atoms with E-state index in [1.165, 1.54) is 0 Å². The molecule has 0 aliphatic rings. The van der Waals surface area contributed by atoms with E-state index in [-0.39, 0.29) is 0 Å². The Morgan fingerprint density at radius 3 is 2.38 bits per heavy atom. The van der Waals surface area contributed by atoms with E-state index in [9.17, 15) is 0 Å². The third-order valence-electron chi connectivity index (χ3n) is 1.85. The molecule has 0 aromatic heterocycles. The molecule has 0 saturated carbocycles. The largest absolute Gasteiger partial charge is 0.491 e. The number of para-hydroxylation sites is 1. The molecule has 3 heteroatoms. The zero-order chi connectivity index (χ0) is 11.5. The van der Waals surface area contributed by atoms with Crippen molar-refractivity contribution in [1.82, 2.24) is 0 Å². The Hall–Kier alpha value is -1.32. The molecule has 1 rings (SSSR count). The van der Waals surface area contributed by atoms with Crippen molar-refractivity contribution in [3.05, 3.63) is 43.0 Å². The summed E-state index contributed by atoms with van der Waals surface area (Å²) in [5, 5.41) is 0. The fourth-order valence-corrected chi connectivity index (χ4v) is 1.12. The molecule has 88 valence electrons. The Labute approximate surface area is 96.6 Å². The highest BCUT2D eigenvalue weighted by Gasteiger charge is 1.92. The molecule has 0 N–H and O–H groups in total. The topological polar surface area (TPSA) is 27.7 Å². The van der Waals surface area contributed by atoms with Crippen LogP contribution in [0, 0.1) is 0 Å². The van der Waals surface area contributed by atoms with Crippen LogP contribution >= 0.6 is 0 Å². The van der Waals surface area contributed by atoms with Crippen molar-refractivity contribution in [3.63, 3.8) is 0 Å². The van der Waals surface area contributed by atoms with Gasteiger partial charge in [-0.3, -0.25) is 0 Å². The zero-order valence-corrected chi connectivity index (χ0v) is 9.43. The van der Waals surface area contributed by atoms with E-state index in [4.69, 9.17) is 14.2 Å². The maximum absolute atomic E-state index is 5.45. The third kappa shape index (κ3) is 6.22. The van der Waals surface area contributed by atoms with Gasteiger partial charge in [-0.05, 0) is 12.1 Å². The van der Waals surface area contributed by atoms with E-state index >= 15 is 0 Å². The molecular weight excluding hydrogens is 204 g/mol. The highest BCUT2D eigenvalue weighted by atomic mass is 16.5. The molecule has 0 fully saturated rings. The summed E-state index contributed by atoms with van der Waals surface area (Å²) in [5.41, 5.74) is 0. The molecule has 1 aromatic rings. The summed E-state index contributed by atoms with van der Waals surface area (Å²) in [6, 6.07) is 9.69. The van der Waals surface area contributed by atoms with Crippen molar-refractivity contribution >= 4 is 0 Å². The fraction of sp³-hybridized carbons (Fsp3) is 0.385. The second-order valence-corrected chi connectivity index (χ2v) is 3.14. The lowest BCUT2D eigenvalue weighted by atomic mass is 10.3. The standard InChI is InChI=1S/C13H18O3/c1-2-8-14-9-10-15-11-12-16-13-6-4-3-5-7-13/h2-7H,1,8-12H2. The third-order valence-corrected chi connectivity index (χ3v) is 1.85. The van der Waals surface area contributed by atoms with Crippen LogP contribution in [-0.4, -0.2) is 33.0 Å². The van der Waals surface area contributed by atoms with Crippen molar-refractivity contribution in [1.29, 1.82) is 0 Å². The van der Waals surface area contributed by atoms with Crippen LogP contribution in [0.4, 0.5) is 0 Å². The summed E-state index contributed by atoms with van der Waals surface area (Å²) in [6.45, 7) is 6.45. The molecule has 0 unspecified atom stereocenters. The van der Waals surface area contributed by atoms with E-state index in [1.807, 2.05) is 30.3 Å². The van der Waals surface area contributed by atoms with Gasteiger partial charge in [0.15, 0.2) is 0 Å². The number of ether oxygens (including phenoxy) is 3. The van der Waals surface area contributed by atoms with Gasteiger partial charge in [-0.25, -0.2) is 0 Å². The molecular formula is C13H18O3. The summed E-state index contributed by atoms with van der Waals surface area (Å²) in [5.74, 6) is 0.869. The van der Waals surface area contributed by atoms with Crippen LogP contribution in [0.1, 0.15) is 0 Å². The van der Waals surface area contributed by atoms with Crippen LogP contribution in [0.5, 0.6) is 5.75 Å². The average Bonchev–Trinajstić information content (AvgIpc) is 2.34. The number of hydrogen-bond donors (Lipinski definition) is 0. The number of benzene rings is 1. The Bertz CT molecular complexity index is 272. The summed E-state index contributed by atoms with van der Waals surface area (Å²) in [7, 11) is 0. The first-order valence-corrected chi connectivity index (χ1v) is 5.37. The first-order chi connectivity index (χ1) is 7.93. The Kier molecular flexibility index (Phi) is 7.13. The monoisotopic (exact) mass is 222 g/mol. The van der Waals surface area contributed by atoms with Crippen LogP contribution in [0.15, 0.2) is 43.0 Å². The van der Waals surface area contributed by atoms with Gasteiger partial charge in [-0.15, -0.1) is 6.58 Å². The van der Waals surface area contributed by atoms with Gasteiger partial charge in [-0.1, -0.05) is 24.3 Å². The lowest BCUT2D eigenvalue weighted by Crippen LogP contribution is -2.10. The quantitative estimate of drug-likeness (QED) is 0.474. The lowest BCUT2D eigenvalue weighted by molar-refractivity contribution is 0.0449. The van der Waals surface area contributed by atoms with Gasteiger partial charge < -0.3 is 14.2 Å². The van der Waals surface area contributed by atoms with E-state index in [0.29, 0.717) is 33.0 Å². The molecule has 3 nitrogen and oxygen atoms in total. The fourth-order valence-electron chi connectivity index (χ4n) is 1.12. The molecule has 0 bridgehead atoms. The van der Waals surface area contributed by atoms with Gasteiger partial charge in [0.2, 0.25) is 0 Å². The first-order valence-electron chi connectivity index (χ1n) is 5.37. The Balaban J connectivity index is 1.90. The molecule has 16 heavy (non-hydrogen) atoms. The predicted octanol–water partition coefficient (Wildman–Crippen LogP) is 2.28. The first kappa shape index (κ1) is 12.7. The SMILES string of the molecule is C=CCOCCOCCOc1ccccc1. The van der Waals surface area contributed by atoms with Crippen molar-refractivity contribution in [3.8, 4) is 5.75 Å².